The Balaban J connectivity index is 1.65. The summed E-state index contributed by atoms with van der Waals surface area (Å²) < 4.78 is 0. The number of carbonyl (C=O) groups excluding carboxylic acids is 2. The van der Waals surface area contributed by atoms with Crippen LogP contribution < -0.4 is 21.1 Å². The molecule has 2 atom stereocenters. The average Bonchev–Trinajstić information content (AvgIpc) is 2.98. The van der Waals surface area contributed by atoms with Gasteiger partial charge in [0.15, 0.2) is 0 Å². The molecule has 0 bridgehead atoms. The predicted molar refractivity (Wildman–Crippen MR) is 106 cm³/mol. The van der Waals surface area contributed by atoms with Crippen LogP contribution in [0.3, 0.4) is 0 Å². The zero-order valence-electron chi connectivity index (χ0n) is 15.1. The van der Waals surface area contributed by atoms with Gasteiger partial charge in [-0.2, -0.15) is 0 Å². The van der Waals surface area contributed by atoms with Gasteiger partial charge in [0.05, 0.1) is 17.6 Å². The highest BCUT2D eigenvalue weighted by Crippen LogP contribution is 2.40. The summed E-state index contributed by atoms with van der Waals surface area (Å²) in [5.74, 6) is -0.358. The second kappa shape index (κ2) is 6.87. The highest BCUT2D eigenvalue weighted by Gasteiger charge is 2.44. The number of nitrogens with one attached hydrogen (secondary N) is 3. The first-order chi connectivity index (χ1) is 12.9. The van der Waals surface area contributed by atoms with E-state index in [0.717, 1.165) is 16.9 Å². The third-order valence-electron chi connectivity index (χ3n) is 4.87. The van der Waals surface area contributed by atoms with E-state index in [1.807, 2.05) is 38.1 Å². The number of hydrogen-bond donors (Lipinski definition) is 3. The molecule has 27 heavy (non-hydrogen) atoms. The van der Waals surface area contributed by atoms with Crippen LogP contribution in [0.1, 0.15) is 35.8 Å². The number of fused-ring (bicyclic) bond motifs is 3. The minimum Gasteiger partial charge on any atom is -0.384 e. The summed E-state index contributed by atoms with van der Waals surface area (Å²) in [6.07, 6.45) is 0. The Hall–Kier alpha value is -2.57. The zero-order chi connectivity index (χ0) is 19.1. The molecule has 0 spiro atoms. The first kappa shape index (κ1) is 17.8. The number of benzene rings is 2. The van der Waals surface area contributed by atoms with Crippen LogP contribution in [-0.4, -0.2) is 24.4 Å². The maximum Gasteiger partial charge on any atom is 0.251 e. The number of rotatable bonds is 3. The van der Waals surface area contributed by atoms with Gasteiger partial charge in [-0.25, -0.2) is 10.4 Å². The van der Waals surface area contributed by atoms with Crippen LogP contribution in [0, 0.1) is 5.92 Å². The van der Waals surface area contributed by atoms with Crippen LogP contribution in [0.2, 0.25) is 5.02 Å². The lowest BCUT2D eigenvalue weighted by atomic mass is 9.88. The van der Waals surface area contributed by atoms with Crippen molar-refractivity contribution in [2.75, 3.05) is 16.9 Å². The first-order valence-electron chi connectivity index (χ1n) is 8.98. The van der Waals surface area contributed by atoms with Crippen LogP contribution in [-0.2, 0) is 4.79 Å². The van der Waals surface area contributed by atoms with Crippen molar-refractivity contribution in [3.8, 4) is 0 Å². The van der Waals surface area contributed by atoms with Crippen molar-refractivity contribution in [3.63, 3.8) is 0 Å². The van der Waals surface area contributed by atoms with Gasteiger partial charge in [0.25, 0.3) is 5.91 Å². The number of carbonyl (C=O) groups is 2. The van der Waals surface area contributed by atoms with E-state index < -0.39 is 0 Å². The molecule has 0 radical (unpaired) electrons. The molecule has 7 heteroatoms. The van der Waals surface area contributed by atoms with Gasteiger partial charge in [-0.3, -0.25) is 9.59 Å². The first-order valence-corrected chi connectivity index (χ1v) is 9.36. The lowest BCUT2D eigenvalue weighted by Gasteiger charge is -2.27. The Labute approximate surface area is 162 Å². The fraction of sp³-hybridized carbons (Fsp3) is 0.300. The molecule has 2 aromatic rings. The van der Waals surface area contributed by atoms with Gasteiger partial charge in [-0.1, -0.05) is 11.6 Å². The Morgan fingerprint density at radius 2 is 1.96 bits per heavy atom. The highest BCUT2D eigenvalue weighted by atomic mass is 35.5. The van der Waals surface area contributed by atoms with Crippen molar-refractivity contribution in [2.24, 2.45) is 5.92 Å². The third-order valence-corrected chi connectivity index (χ3v) is 5.13. The third kappa shape index (κ3) is 3.26. The number of halogens is 1. The van der Waals surface area contributed by atoms with Gasteiger partial charge in [0.1, 0.15) is 0 Å². The zero-order valence-corrected chi connectivity index (χ0v) is 15.9. The van der Waals surface area contributed by atoms with Gasteiger partial charge >= 0.3 is 0 Å². The molecule has 2 aliphatic rings. The van der Waals surface area contributed by atoms with Gasteiger partial charge < -0.3 is 10.6 Å². The standard InChI is InChI=1S/C20H21ClN4O2/c1-11(2)23-19(26)12-3-8-17-15(9-12)18-16(10-22-17)20(27)25(24-18)14-6-4-13(21)5-7-14/h3-9,11,16,18,22,24H,10H2,1-2H3,(H,23,26). The molecule has 1 fully saturated rings. The lowest BCUT2D eigenvalue weighted by Crippen LogP contribution is -2.35. The normalized spacial score (nSPS) is 20.9. The SMILES string of the molecule is CC(C)NC(=O)c1ccc2c(c1)C1NN(c3ccc(Cl)cc3)C(=O)C1CN2. The van der Waals surface area contributed by atoms with Gasteiger partial charge in [-0.05, 0) is 61.9 Å². The number of nitrogens with zero attached hydrogens (tertiary/aromatic N) is 1. The number of amides is 2. The van der Waals surface area contributed by atoms with E-state index >= 15 is 0 Å². The summed E-state index contributed by atoms with van der Waals surface area (Å²) in [6, 6.07) is 12.6. The van der Waals surface area contributed by atoms with E-state index in [1.165, 1.54) is 0 Å². The average molecular weight is 385 g/mol. The van der Waals surface area contributed by atoms with E-state index in [0.29, 0.717) is 17.1 Å². The molecule has 0 aromatic heterocycles. The molecule has 2 unspecified atom stereocenters. The van der Waals surface area contributed by atoms with Crippen LogP contribution in [0.5, 0.6) is 0 Å². The van der Waals surface area contributed by atoms with Crippen LogP contribution in [0.25, 0.3) is 0 Å². The Kier molecular flexibility index (Phi) is 4.53. The molecular formula is C20H21ClN4O2. The second-order valence-electron chi connectivity index (χ2n) is 7.17. The molecule has 2 amide bonds. The predicted octanol–water partition coefficient (Wildman–Crippen LogP) is 3.11. The molecule has 0 aliphatic carbocycles. The summed E-state index contributed by atoms with van der Waals surface area (Å²) in [6.45, 7) is 4.40. The molecule has 140 valence electrons. The minimum atomic E-state index is -0.239. The molecule has 2 aliphatic heterocycles. The van der Waals surface area contributed by atoms with Gasteiger partial charge in [0, 0.05) is 28.9 Å². The topological polar surface area (TPSA) is 73.5 Å². The fourth-order valence-electron chi connectivity index (χ4n) is 3.57. The van der Waals surface area contributed by atoms with E-state index in [2.05, 4.69) is 16.1 Å². The summed E-state index contributed by atoms with van der Waals surface area (Å²) >= 11 is 5.95. The van der Waals surface area contributed by atoms with E-state index in [-0.39, 0.29) is 29.8 Å². The minimum absolute atomic E-state index is 0.00231. The summed E-state index contributed by atoms with van der Waals surface area (Å²) in [5, 5.41) is 8.41. The molecule has 0 saturated carbocycles. The molecule has 2 heterocycles. The number of hydrogen-bond acceptors (Lipinski definition) is 4. The van der Waals surface area contributed by atoms with Crippen LogP contribution in [0.4, 0.5) is 11.4 Å². The molecular weight excluding hydrogens is 364 g/mol. The van der Waals surface area contributed by atoms with Crippen molar-refractivity contribution in [1.29, 1.82) is 0 Å². The van der Waals surface area contributed by atoms with Crippen molar-refractivity contribution >= 4 is 34.8 Å². The largest absolute Gasteiger partial charge is 0.384 e. The highest BCUT2D eigenvalue weighted by molar-refractivity contribution is 6.30. The van der Waals surface area contributed by atoms with Crippen molar-refractivity contribution in [1.82, 2.24) is 10.7 Å². The number of anilines is 2. The Morgan fingerprint density at radius 1 is 1.22 bits per heavy atom. The maximum atomic E-state index is 12.9. The van der Waals surface area contributed by atoms with E-state index in [1.54, 1.807) is 23.2 Å². The van der Waals surface area contributed by atoms with E-state index in [4.69, 9.17) is 11.6 Å². The summed E-state index contributed by atoms with van der Waals surface area (Å²) in [7, 11) is 0. The van der Waals surface area contributed by atoms with Crippen LogP contribution >= 0.6 is 11.6 Å². The molecule has 6 nitrogen and oxygen atoms in total. The maximum absolute atomic E-state index is 12.9. The van der Waals surface area contributed by atoms with Crippen LogP contribution in [0.15, 0.2) is 42.5 Å². The molecule has 4 rings (SSSR count). The summed E-state index contributed by atoms with van der Waals surface area (Å²) in [5.41, 5.74) is 6.51. The second-order valence-corrected chi connectivity index (χ2v) is 7.61. The molecule has 3 N–H and O–H groups in total. The van der Waals surface area contributed by atoms with Gasteiger partial charge in [-0.15, -0.1) is 0 Å². The fourth-order valence-corrected chi connectivity index (χ4v) is 3.70. The smallest absolute Gasteiger partial charge is 0.251 e. The molecule has 2 aromatic carbocycles. The lowest BCUT2D eigenvalue weighted by molar-refractivity contribution is -0.120. The van der Waals surface area contributed by atoms with Gasteiger partial charge in [0.2, 0.25) is 5.91 Å². The quantitative estimate of drug-likeness (QED) is 0.760. The van der Waals surface area contributed by atoms with Crippen molar-refractivity contribution < 1.29 is 9.59 Å². The monoisotopic (exact) mass is 384 g/mol. The summed E-state index contributed by atoms with van der Waals surface area (Å²) in [4.78, 5) is 25.3. The van der Waals surface area contributed by atoms with Crippen molar-refractivity contribution in [3.05, 3.63) is 58.6 Å². The Morgan fingerprint density at radius 3 is 2.67 bits per heavy atom. The number of hydrazine groups is 1. The van der Waals surface area contributed by atoms with Crippen molar-refractivity contribution in [2.45, 2.75) is 25.9 Å². The van der Waals surface area contributed by atoms with E-state index in [9.17, 15) is 9.59 Å². The Bertz CT molecular complexity index is 897. The molecule has 1 saturated heterocycles.